The normalized spacial score (nSPS) is 17.1. The molecular formula is C21H22N2O3S. The molecule has 2 heterocycles. The Labute approximate surface area is 163 Å². The molecule has 1 fully saturated rings. The number of benzene rings is 1. The first-order chi connectivity index (χ1) is 13.1. The average Bonchev–Trinajstić information content (AvgIpc) is 3.01. The number of aromatic nitrogens is 1. The zero-order chi connectivity index (χ0) is 19.2. The molecule has 0 bridgehead atoms. The molecule has 1 aliphatic rings. The summed E-state index contributed by atoms with van der Waals surface area (Å²) in [5, 5.41) is 1.68. The minimum Gasteiger partial charge on any atom is -0.489 e. The number of imide groups is 1. The van der Waals surface area contributed by atoms with Crippen LogP contribution in [0.15, 0.2) is 48.7 Å². The van der Waals surface area contributed by atoms with Crippen molar-refractivity contribution in [2.24, 2.45) is 0 Å². The van der Waals surface area contributed by atoms with Crippen molar-refractivity contribution >= 4 is 28.5 Å². The van der Waals surface area contributed by atoms with Crippen LogP contribution in [-0.2, 0) is 17.6 Å². The smallest absolute Gasteiger partial charge is 0.286 e. The molecule has 1 N–H and O–H groups in total. The standard InChI is InChI=1S/C21H22N2O3S/c1-3-14-7-10-18(22-12-14)16(4-2)13-26-17-8-5-15(6-9-17)11-19-20(24)23-21(25)27-19/h4-10,12,19H,3,11,13H2,1-2H3,(H,23,24,25)/b16-4+. The second kappa shape index (κ2) is 8.86. The van der Waals surface area contributed by atoms with Crippen molar-refractivity contribution in [1.29, 1.82) is 0 Å². The number of allylic oxidation sites excluding steroid dienone is 1. The largest absolute Gasteiger partial charge is 0.489 e. The number of ether oxygens (including phenoxy) is 1. The fourth-order valence-corrected chi connectivity index (χ4v) is 3.61. The van der Waals surface area contributed by atoms with Crippen LogP contribution in [0, 0.1) is 0 Å². The number of hydrogen-bond acceptors (Lipinski definition) is 5. The van der Waals surface area contributed by atoms with Gasteiger partial charge in [0.2, 0.25) is 5.91 Å². The molecule has 0 saturated carbocycles. The van der Waals surface area contributed by atoms with Crippen molar-refractivity contribution < 1.29 is 14.3 Å². The molecule has 0 aliphatic carbocycles. The van der Waals surface area contributed by atoms with E-state index in [0.29, 0.717) is 13.0 Å². The number of thioether (sulfide) groups is 1. The van der Waals surface area contributed by atoms with Crippen molar-refractivity contribution in [2.45, 2.75) is 31.9 Å². The summed E-state index contributed by atoms with van der Waals surface area (Å²) in [5.74, 6) is 0.535. The van der Waals surface area contributed by atoms with Gasteiger partial charge in [-0.3, -0.25) is 19.9 Å². The molecule has 1 unspecified atom stereocenters. The minimum absolute atomic E-state index is 0.218. The second-order valence-electron chi connectivity index (χ2n) is 6.24. The Balaban J connectivity index is 1.57. The molecule has 1 aromatic heterocycles. The number of nitrogens with one attached hydrogen (secondary N) is 1. The van der Waals surface area contributed by atoms with Crippen molar-refractivity contribution in [3.8, 4) is 5.75 Å². The molecule has 1 saturated heterocycles. The van der Waals surface area contributed by atoms with Crippen LogP contribution in [0.5, 0.6) is 5.75 Å². The molecule has 6 heteroatoms. The van der Waals surface area contributed by atoms with E-state index in [9.17, 15) is 9.59 Å². The molecule has 5 nitrogen and oxygen atoms in total. The molecular weight excluding hydrogens is 360 g/mol. The Morgan fingerprint density at radius 1 is 1.19 bits per heavy atom. The van der Waals surface area contributed by atoms with Crippen LogP contribution in [-0.4, -0.2) is 28.0 Å². The lowest BCUT2D eigenvalue weighted by molar-refractivity contribution is -0.118. The molecule has 0 spiro atoms. The lowest BCUT2D eigenvalue weighted by atomic mass is 10.1. The van der Waals surface area contributed by atoms with Gasteiger partial charge in [0, 0.05) is 11.8 Å². The Hall–Kier alpha value is -2.60. The van der Waals surface area contributed by atoms with E-state index in [1.54, 1.807) is 0 Å². The van der Waals surface area contributed by atoms with Gasteiger partial charge in [-0.1, -0.05) is 43.0 Å². The summed E-state index contributed by atoms with van der Waals surface area (Å²) in [6.45, 7) is 4.52. The third-order valence-electron chi connectivity index (χ3n) is 4.42. The van der Waals surface area contributed by atoms with Gasteiger partial charge in [0.15, 0.2) is 0 Å². The summed E-state index contributed by atoms with van der Waals surface area (Å²) in [6, 6.07) is 11.7. The Morgan fingerprint density at radius 3 is 2.48 bits per heavy atom. The van der Waals surface area contributed by atoms with Gasteiger partial charge in [-0.05, 0) is 49.1 Å². The van der Waals surface area contributed by atoms with Crippen LogP contribution in [0.4, 0.5) is 4.79 Å². The Bertz CT molecular complexity index is 845. The highest BCUT2D eigenvalue weighted by atomic mass is 32.2. The summed E-state index contributed by atoms with van der Waals surface area (Å²) < 4.78 is 5.89. The van der Waals surface area contributed by atoms with E-state index in [0.717, 1.165) is 40.8 Å². The summed E-state index contributed by atoms with van der Waals surface area (Å²) in [6.07, 6.45) is 5.40. The molecule has 1 aromatic carbocycles. The summed E-state index contributed by atoms with van der Waals surface area (Å²) in [5.41, 5.74) is 4.15. The molecule has 3 rings (SSSR count). The maximum Gasteiger partial charge on any atom is 0.286 e. The number of carbonyl (C=O) groups excluding carboxylic acids is 2. The highest BCUT2D eigenvalue weighted by molar-refractivity contribution is 8.15. The van der Waals surface area contributed by atoms with Crippen molar-refractivity contribution in [1.82, 2.24) is 10.3 Å². The first-order valence-electron chi connectivity index (χ1n) is 8.92. The number of amides is 2. The molecule has 0 radical (unpaired) electrons. The zero-order valence-electron chi connectivity index (χ0n) is 15.4. The van der Waals surface area contributed by atoms with Gasteiger partial charge in [-0.2, -0.15) is 0 Å². The topological polar surface area (TPSA) is 68.3 Å². The number of rotatable bonds is 7. The van der Waals surface area contributed by atoms with E-state index in [-0.39, 0.29) is 16.4 Å². The van der Waals surface area contributed by atoms with Gasteiger partial charge in [0.25, 0.3) is 5.24 Å². The van der Waals surface area contributed by atoms with E-state index in [2.05, 4.69) is 23.3 Å². The minimum atomic E-state index is -0.351. The van der Waals surface area contributed by atoms with Gasteiger partial charge < -0.3 is 4.74 Å². The highest BCUT2D eigenvalue weighted by Gasteiger charge is 2.31. The van der Waals surface area contributed by atoms with E-state index in [1.165, 1.54) is 5.56 Å². The molecule has 2 aromatic rings. The van der Waals surface area contributed by atoms with Crippen LogP contribution in [0.2, 0.25) is 0 Å². The monoisotopic (exact) mass is 382 g/mol. The fraction of sp³-hybridized carbons (Fsp3) is 0.286. The van der Waals surface area contributed by atoms with Gasteiger partial charge >= 0.3 is 0 Å². The van der Waals surface area contributed by atoms with E-state index in [4.69, 9.17) is 4.74 Å². The van der Waals surface area contributed by atoms with E-state index < -0.39 is 0 Å². The Morgan fingerprint density at radius 2 is 1.93 bits per heavy atom. The van der Waals surface area contributed by atoms with Crippen LogP contribution >= 0.6 is 11.8 Å². The predicted molar refractivity (Wildman–Crippen MR) is 108 cm³/mol. The fourth-order valence-electron chi connectivity index (χ4n) is 2.75. The van der Waals surface area contributed by atoms with Crippen LogP contribution in [0.25, 0.3) is 5.57 Å². The summed E-state index contributed by atoms with van der Waals surface area (Å²) >= 11 is 1.04. The number of aryl methyl sites for hydroxylation is 1. The lowest BCUT2D eigenvalue weighted by Crippen LogP contribution is -2.25. The van der Waals surface area contributed by atoms with E-state index in [1.807, 2.05) is 49.5 Å². The number of hydrogen-bond donors (Lipinski definition) is 1. The zero-order valence-corrected chi connectivity index (χ0v) is 16.2. The average molecular weight is 382 g/mol. The van der Waals surface area contributed by atoms with Crippen LogP contribution in [0.3, 0.4) is 0 Å². The van der Waals surface area contributed by atoms with Gasteiger partial charge in [0.05, 0.1) is 10.9 Å². The number of carbonyl (C=O) groups is 2. The molecule has 140 valence electrons. The van der Waals surface area contributed by atoms with Crippen molar-refractivity contribution in [3.05, 3.63) is 65.5 Å². The lowest BCUT2D eigenvalue weighted by Gasteiger charge is -2.11. The maximum atomic E-state index is 11.7. The second-order valence-corrected chi connectivity index (χ2v) is 7.41. The summed E-state index contributed by atoms with van der Waals surface area (Å²) in [7, 11) is 0. The number of nitrogens with zero attached hydrogens (tertiary/aromatic N) is 1. The molecule has 27 heavy (non-hydrogen) atoms. The van der Waals surface area contributed by atoms with Gasteiger partial charge in [0.1, 0.15) is 12.4 Å². The molecule has 1 aliphatic heterocycles. The molecule has 1 atom stereocenters. The van der Waals surface area contributed by atoms with Crippen LogP contribution in [0.1, 0.15) is 30.7 Å². The first kappa shape index (κ1) is 19.2. The Kier molecular flexibility index (Phi) is 6.29. The van der Waals surface area contributed by atoms with Gasteiger partial charge in [-0.15, -0.1) is 0 Å². The third kappa shape index (κ3) is 4.98. The highest BCUT2D eigenvalue weighted by Crippen LogP contribution is 2.24. The summed E-state index contributed by atoms with van der Waals surface area (Å²) in [4.78, 5) is 27.4. The SMILES string of the molecule is C/C=C(\COc1ccc(CC2SC(=O)NC2=O)cc1)c1ccc(CC)cn1. The quantitative estimate of drug-likeness (QED) is 0.783. The van der Waals surface area contributed by atoms with Crippen LogP contribution < -0.4 is 10.1 Å². The maximum absolute atomic E-state index is 11.7. The number of pyridine rings is 1. The first-order valence-corrected chi connectivity index (χ1v) is 9.80. The van der Waals surface area contributed by atoms with Crippen molar-refractivity contribution in [3.63, 3.8) is 0 Å². The van der Waals surface area contributed by atoms with Gasteiger partial charge in [-0.25, -0.2) is 0 Å². The van der Waals surface area contributed by atoms with E-state index >= 15 is 0 Å². The predicted octanol–water partition coefficient (Wildman–Crippen LogP) is 4.02. The van der Waals surface area contributed by atoms with Crippen molar-refractivity contribution in [2.75, 3.05) is 6.61 Å². The third-order valence-corrected chi connectivity index (χ3v) is 5.40. The molecule has 2 amide bonds.